The highest BCUT2D eigenvalue weighted by molar-refractivity contribution is 7.13. The molecule has 4 rings (SSSR count). The SMILES string of the molecule is Cc1c(C(=O)NNC(=O)c2csc(N3CCOCC3)n2)cnn1-c1ccc(Cl)cc1. The highest BCUT2D eigenvalue weighted by Gasteiger charge is 2.19. The molecule has 1 aliphatic heterocycles. The molecule has 2 amide bonds. The zero-order valence-corrected chi connectivity index (χ0v) is 17.7. The van der Waals surface area contributed by atoms with Crippen molar-refractivity contribution < 1.29 is 14.3 Å². The third kappa shape index (κ3) is 4.30. The van der Waals surface area contributed by atoms with E-state index >= 15 is 0 Å². The zero-order chi connectivity index (χ0) is 21.1. The molecule has 2 N–H and O–H groups in total. The first-order valence-corrected chi connectivity index (χ1v) is 10.5. The number of thiazole rings is 1. The lowest BCUT2D eigenvalue weighted by molar-refractivity contribution is 0.0844. The van der Waals surface area contributed by atoms with Crippen molar-refractivity contribution in [1.82, 2.24) is 25.6 Å². The Balaban J connectivity index is 1.38. The summed E-state index contributed by atoms with van der Waals surface area (Å²) in [6.07, 6.45) is 1.45. The molecule has 9 nitrogen and oxygen atoms in total. The normalized spacial score (nSPS) is 13.9. The maximum atomic E-state index is 12.5. The van der Waals surface area contributed by atoms with Gasteiger partial charge >= 0.3 is 0 Å². The molecule has 0 aliphatic carbocycles. The number of hydrogen-bond donors (Lipinski definition) is 2. The Morgan fingerprint density at radius 1 is 1.13 bits per heavy atom. The van der Waals surface area contributed by atoms with Crippen molar-refractivity contribution >= 4 is 39.9 Å². The van der Waals surface area contributed by atoms with Gasteiger partial charge in [0, 0.05) is 23.5 Å². The van der Waals surface area contributed by atoms with Gasteiger partial charge in [0.2, 0.25) is 0 Å². The molecule has 0 saturated carbocycles. The van der Waals surface area contributed by atoms with Gasteiger partial charge in [0.15, 0.2) is 5.13 Å². The highest BCUT2D eigenvalue weighted by Crippen LogP contribution is 2.21. The maximum absolute atomic E-state index is 12.5. The summed E-state index contributed by atoms with van der Waals surface area (Å²) in [5, 5.41) is 7.29. The number of rotatable bonds is 4. The molecule has 0 bridgehead atoms. The summed E-state index contributed by atoms with van der Waals surface area (Å²) < 4.78 is 6.95. The van der Waals surface area contributed by atoms with Crippen LogP contribution in [-0.2, 0) is 4.74 Å². The van der Waals surface area contributed by atoms with Gasteiger partial charge in [0.1, 0.15) is 5.69 Å². The van der Waals surface area contributed by atoms with Crippen LogP contribution in [0, 0.1) is 6.92 Å². The molecule has 0 unspecified atom stereocenters. The van der Waals surface area contributed by atoms with Crippen LogP contribution in [0.2, 0.25) is 5.02 Å². The smallest absolute Gasteiger partial charge is 0.289 e. The minimum atomic E-state index is -0.484. The molecule has 0 spiro atoms. The number of hydrazine groups is 1. The number of nitrogens with one attached hydrogen (secondary N) is 2. The number of ether oxygens (including phenoxy) is 1. The summed E-state index contributed by atoms with van der Waals surface area (Å²) in [4.78, 5) is 31.3. The minimum absolute atomic E-state index is 0.246. The molecule has 11 heteroatoms. The fourth-order valence-electron chi connectivity index (χ4n) is 2.99. The van der Waals surface area contributed by atoms with Gasteiger partial charge in [-0.2, -0.15) is 5.10 Å². The Kier molecular flexibility index (Phi) is 5.98. The number of halogens is 1. The molecular weight excluding hydrogens is 428 g/mol. The van der Waals surface area contributed by atoms with E-state index in [2.05, 4.69) is 25.8 Å². The Hall–Kier alpha value is -2.95. The van der Waals surface area contributed by atoms with E-state index in [-0.39, 0.29) is 5.69 Å². The van der Waals surface area contributed by atoms with E-state index in [9.17, 15) is 9.59 Å². The number of aromatic nitrogens is 3. The van der Waals surface area contributed by atoms with Crippen LogP contribution in [0.5, 0.6) is 0 Å². The van der Waals surface area contributed by atoms with Gasteiger partial charge in [-0.05, 0) is 31.2 Å². The van der Waals surface area contributed by atoms with Gasteiger partial charge in [-0.15, -0.1) is 11.3 Å². The Bertz CT molecular complexity index is 1060. The summed E-state index contributed by atoms with van der Waals surface area (Å²) in [6, 6.07) is 7.11. The van der Waals surface area contributed by atoms with Gasteiger partial charge in [-0.25, -0.2) is 9.67 Å². The predicted octanol–water partition coefficient (Wildman–Crippen LogP) is 2.20. The second-order valence-corrected chi connectivity index (χ2v) is 7.83. The van der Waals surface area contributed by atoms with Crippen molar-refractivity contribution in [1.29, 1.82) is 0 Å². The molecular formula is C19H19ClN6O3S. The topological polar surface area (TPSA) is 101 Å². The summed E-state index contributed by atoms with van der Waals surface area (Å²) in [5.41, 5.74) is 6.82. The number of amides is 2. The lowest BCUT2D eigenvalue weighted by atomic mass is 10.2. The van der Waals surface area contributed by atoms with E-state index in [0.29, 0.717) is 29.5 Å². The van der Waals surface area contributed by atoms with Crippen LogP contribution in [0.4, 0.5) is 5.13 Å². The number of benzene rings is 1. The maximum Gasteiger partial charge on any atom is 0.289 e. The molecule has 1 aromatic carbocycles. The first-order valence-electron chi connectivity index (χ1n) is 9.22. The van der Waals surface area contributed by atoms with Crippen molar-refractivity contribution in [3.63, 3.8) is 0 Å². The average Bonchev–Trinajstić information content (AvgIpc) is 3.40. The molecule has 1 fully saturated rings. The van der Waals surface area contributed by atoms with Crippen LogP contribution in [0.25, 0.3) is 5.69 Å². The standard InChI is InChI=1S/C19H19ClN6O3S/c1-12-15(10-21-26(12)14-4-2-13(20)3-5-14)17(27)23-24-18(28)16-11-30-19(22-16)25-6-8-29-9-7-25/h2-5,10-11H,6-9H2,1H3,(H,23,27)(H,24,28). The van der Waals surface area contributed by atoms with Gasteiger partial charge in [-0.1, -0.05) is 11.6 Å². The van der Waals surface area contributed by atoms with Crippen LogP contribution in [-0.4, -0.2) is 52.9 Å². The Labute approximate surface area is 181 Å². The molecule has 1 saturated heterocycles. The number of nitrogens with zero attached hydrogens (tertiary/aromatic N) is 4. The fraction of sp³-hybridized carbons (Fsp3) is 0.263. The van der Waals surface area contributed by atoms with Crippen molar-refractivity contribution in [2.45, 2.75) is 6.92 Å². The van der Waals surface area contributed by atoms with E-state index < -0.39 is 11.8 Å². The highest BCUT2D eigenvalue weighted by atomic mass is 35.5. The molecule has 0 radical (unpaired) electrons. The second kappa shape index (κ2) is 8.82. The van der Waals surface area contributed by atoms with E-state index in [4.69, 9.17) is 16.3 Å². The van der Waals surface area contributed by atoms with Crippen LogP contribution in [0.15, 0.2) is 35.8 Å². The van der Waals surface area contributed by atoms with Gasteiger partial charge in [0.25, 0.3) is 11.8 Å². The molecule has 3 heterocycles. The Morgan fingerprint density at radius 3 is 2.57 bits per heavy atom. The number of morpholine rings is 1. The molecule has 3 aromatic rings. The predicted molar refractivity (Wildman–Crippen MR) is 113 cm³/mol. The van der Waals surface area contributed by atoms with Gasteiger partial charge in [-0.3, -0.25) is 20.4 Å². The van der Waals surface area contributed by atoms with E-state index in [0.717, 1.165) is 23.9 Å². The molecule has 2 aromatic heterocycles. The van der Waals surface area contributed by atoms with Crippen molar-refractivity contribution in [3.05, 3.63) is 57.8 Å². The average molecular weight is 447 g/mol. The van der Waals surface area contributed by atoms with Crippen LogP contribution < -0.4 is 15.8 Å². The number of carbonyl (C=O) groups excluding carboxylic acids is 2. The largest absolute Gasteiger partial charge is 0.378 e. The summed E-state index contributed by atoms with van der Waals surface area (Å²) in [7, 11) is 0. The van der Waals surface area contributed by atoms with Gasteiger partial charge in [0.05, 0.1) is 36.4 Å². The van der Waals surface area contributed by atoms with Crippen molar-refractivity contribution in [2.75, 3.05) is 31.2 Å². The summed E-state index contributed by atoms with van der Waals surface area (Å²) >= 11 is 7.30. The zero-order valence-electron chi connectivity index (χ0n) is 16.1. The third-order valence-corrected chi connectivity index (χ3v) is 5.77. The van der Waals surface area contributed by atoms with Crippen LogP contribution in [0.3, 0.4) is 0 Å². The number of carbonyl (C=O) groups is 2. The number of anilines is 1. The second-order valence-electron chi connectivity index (χ2n) is 6.55. The lowest BCUT2D eigenvalue weighted by Gasteiger charge is -2.25. The third-order valence-electron chi connectivity index (χ3n) is 4.62. The van der Waals surface area contributed by atoms with Crippen molar-refractivity contribution in [2.24, 2.45) is 0 Å². The fourth-order valence-corrected chi connectivity index (χ4v) is 3.97. The molecule has 156 valence electrons. The quantitative estimate of drug-likeness (QED) is 0.596. The molecule has 0 atom stereocenters. The van der Waals surface area contributed by atoms with Gasteiger partial charge < -0.3 is 9.64 Å². The van der Waals surface area contributed by atoms with E-state index in [1.54, 1.807) is 41.3 Å². The number of hydrogen-bond acceptors (Lipinski definition) is 7. The van der Waals surface area contributed by atoms with Crippen LogP contribution in [0.1, 0.15) is 26.5 Å². The first-order chi connectivity index (χ1) is 14.5. The summed E-state index contributed by atoms with van der Waals surface area (Å²) in [5.74, 6) is -0.952. The molecule has 1 aliphatic rings. The van der Waals surface area contributed by atoms with E-state index in [1.807, 2.05) is 0 Å². The van der Waals surface area contributed by atoms with E-state index in [1.165, 1.54) is 17.5 Å². The van der Waals surface area contributed by atoms with Crippen molar-refractivity contribution in [3.8, 4) is 5.69 Å². The molecule has 30 heavy (non-hydrogen) atoms. The first kappa shape index (κ1) is 20.3. The lowest BCUT2D eigenvalue weighted by Crippen LogP contribution is -2.42. The summed E-state index contributed by atoms with van der Waals surface area (Å²) in [6.45, 7) is 4.53. The van der Waals surface area contributed by atoms with Crippen LogP contribution >= 0.6 is 22.9 Å². The Morgan fingerprint density at radius 2 is 1.83 bits per heavy atom. The minimum Gasteiger partial charge on any atom is -0.378 e. The monoisotopic (exact) mass is 446 g/mol.